The lowest BCUT2D eigenvalue weighted by atomic mass is 10.1. The van der Waals surface area contributed by atoms with Crippen LogP contribution in [0.4, 0.5) is 5.82 Å². The zero-order valence-electron chi connectivity index (χ0n) is 12.4. The fraction of sp³-hybridized carbons (Fsp3) is 0.600. The third-order valence-corrected chi connectivity index (χ3v) is 3.54. The maximum absolute atomic E-state index is 11.4. The van der Waals surface area contributed by atoms with Crippen LogP contribution in [0.25, 0.3) is 0 Å². The lowest BCUT2D eigenvalue weighted by Crippen LogP contribution is -2.43. The summed E-state index contributed by atoms with van der Waals surface area (Å²) in [4.78, 5) is 17.8. The monoisotopic (exact) mass is 293 g/mol. The van der Waals surface area contributed by atoms with Crippen molar-refractivity contribution < 1.29 is 14.6 Å². The van der Waals surface area contributed by atoms with Crippen molar-refractivity contribution in [2.45, 2.75) is 32.2 Å². The van der Waals surface area contributed by atoms with Gasteiger partial charge in [0.05, 0.1) is 19.2 Å². The molecule has 21 heavy (non-hydrogen) atoms. The molecule has 0 spiro atoms. The lowest BCUT2D eigenvalue weighted by molar-refractivity contribution is -0.143. The fourth-order valence-electron chi connectivity index (χ4n) is 2.54. The van der Waals surface area contributed by atoms with Gasteiger partial charge in [0, 0.05) is 19.1 Å². The number of piperidine rings is 1. The molecule has 1 aliphatic heterocycles. The molecule has 1 saturated heterocycles. The number of pyridine rings is 1. The van der Waals surface area contributed by atoms with Crippen molar-refractivity contribution in [3.63, 3.8) is 0 Å². The van der Waals surface area contributed by atoms with Crippen molar-refractivity contribution in [1.82, 2.24) is 9.88 Å². The predicted molar refractivity (Wildman–Crippen MR) is 80.2 cm³/mol. The SMILES string of the molecule is CCOC(=O)CCN1CCCC(Nc2ccc(O)cn2)C1. The number of likely N-dealkylation sites (tertiary alicyclic amines) is 1. The molecule has 1 fully saturated rings. The van der Waals surface area contributed by atoms with Crippen LogP contribution in [-0.2, 0) is 9.53 Å². The fourth-order valence-corrected chi connectivity index (χ4v) is 2.54. The Morgan fingerprint density at radius 1 is 1.57 bits per heavy atom. The molecule has 1 atom stereocenters. The summed E-state index contributed by atoms with van der Waals surface area (Å²) in [6, 6.07) is 3.71. The van der Waals surface area contributed by atoms with Gasteiger partial charge in [0.1, 0.15) is 11.6 Å². The van der Waals surface area contributed by atoms with E-state index in [1.54, 1.807) is 12.1 Å². The molecule has 6 nitrogen and oxygen atoms in total. The minimum atomic E-state index is -0.132. The molecule has 0 amide bonds. The average molecular weight is 293 g/mol. The van der Waals surface area contributed by atoms with E-state index in [-0.39, 0.29) is 11.7 Å². The third kappa shape index (κ3) is 5.23. The summed E-state index contributed by atoms with van der Waals surface area (Å²) in [6.45, 7) is 4.90. The van der Waals surface area contributed by atoms with Crippen molar-refractivity contribution in [3.8, 4) is 5.75 Å². The second kappa shape index (κ2) is 7.83. The quantitative estimate of drug-likeness (QED) is 0.776. The Labute approximate surface area is 125 Å². The lowest BCUT2D eigenvalue weighted by Gasteiger charge is -2.33. The predicted octanol–water partition coefficient (Wildman–Crippen LogP) is 1.62. The molecule has 2 heterocycles. The van der Waals surface area contributed by atoms with E-state index in [0.717, 1.165) is 38.3 Å². The van der Waals surface area contributed by atoms with E-state index in [4.69, 9.17) is 4.74 Å². The van der Waals surface area contributed by atoms with Crippen LogP contribution in [-0.4, -0.2) is 53.2 Å². The highest BCUT2D eigenvalue weighted by Gasteiger charge is 2.20. The van der Waals surface area contributed by atoms with Crippen LogP contribution in [0.15, 0.2) is 18.3 Å². The highest BCUT2D eigenvalue weighted by Crippen LogP contribution is 2.16. The zero-order valence-corrected chi connectivity index (χ0v) is 12.4. The van der Waals surface area contributed by atoms with Crippen LogP contribution in [0.5, 0.6) is 5.75 Å². The largest absolute Gasteiger partial charge is 0.506 e. The molecule has 0 bridgehead atoms. The molecule has 0 aliphatic carbocycles. The van der Waals surface area contributed by atoms with Crippen LogP contribution >= 0.6 is 0 Å². The van der Waals surface area contributed by atoms with E-state index in [1.807, 2.05) is 6.92 Å². The van der Waals surface area contributed by atoms with E-state index < -0.39 is 0 Å². The van der Waals surface area contributed by atoms with E-state index in [0.29, 0.717) is 19.1 Å². The second-order valence-corrected chi connectivity index (χ2v) is 5.24. The molecule has 1 aromatic heterocycles. The van der Waals surface area contributed by atoms with Crippen molar-refractivity contribution in [2.75, 3.05) is 31.6 Å². The molecule has 1 unspecified atom stereocenters. The Balaban J connectivity index is 1.77. The highest BCUT2D eigenvalue weighted by molar-refractivity contribution is 5.69. The number of aromatic nitrogens is 1. The summed E-state index contributed by atoms with van der Waals surface area (Å²) >= 11 is 0. The van der Waals surface area contributed by atoms with Gasteiger partial charge in [0.15, 0.2) is 0 Å². The molecule has 2 rings (SSSR count). The van der Waals surface area contributed by atoms with Gasteiger partial charge < -0.3 is 20.1 Å². The number of ether oxygens (including phenoxy) is 1. The average Bonchev–Trinajstić information content (AvgIpc) is 2.48. The molecule has 1 aromatic rings. The number of nitrogens with one attached hydrogen (secondary N) is 1. The number of rotatable bonds is 6. The van der Waals surface area contributed by atoms with Gasteiger partial charge in [0.2, 0.25) is 0 Å². The molecule has 6 heteroatoms. The van der Waals surface area contributed by atoms with Gasteiger partial charge in [-0.2, -0.15) is 0 Å². The first-order chi connectivity index (χ1) is 10.2. The normalized spacial score (nSPS) is 19.2. The zero-order chi connectivity index (χ0) is 15.1. The van der Waals surface area contributed by atoms with Crippen LogP contribution in [0, 0.1) is 0 Å². The Morgan fingerprint density at radius 3 is 3.14 bits per heavy atom. The van der Waals surface area contributed by atoms with Crippen molar-refractivity contribution in [1.29, 1.82) is 0 Å². The van der Waals surface area contributed by atoms with Crippen molar-refractivity contribution in [3.05, 3.63) is 18.3 Å². The number of aromatic hydroxyl groups is 1. The molecule has 0 aromatic carbocycles. The van der Waals surface area contributed by atoms with Crippen LogP contribution in [0.3, 0.4) is 0 Å². The summed E-state index contributed by atoms with van der Waals surface area (Å²) in [5.41, 5.74) is 0. The molecule has 0 radical (unpaired) electrons. The third-order valence-electron chi connectivity index (χ3n) is 3.54. The summed E-state index contributed by atoms with van der Waals surface area (Å²) in [5, 5.41) is 12.6. The highest BCUT2D eigenvalue weighted by atomic mass is 16.5. The smallest absolute Gasteiger partial charge is 0.307 e. The molecule has 2 N–H and O–H groups in total. The van der Waals surface area contributed by atoms with Crippen LogP contribution in [0.1, 0.15) is 26.2 Å². The number of hydrogen-bond donors (Lipinski definition) is 2. The summed E-state index contributed by atoms with van der Waals surface area (Å²) in [7, 11) is 0. The standard InChI is InChI=1S/C15H23N3O3/c1-2-21-15(20)7-9-18-8-3-4-12(11-18)17-14-6-5-13(19)10-16-14/h5-6,10,12,19H,2-4,7-9,11H2,1H3,(H,16,17). The van der Waals surface area contributed by atoms with Gasteiger partial charge in [-0.1, -0.05) is 0 Å². The first-order valence-corrected chi connectivity index (χ1v) is 7.47. The van der Waals surface area contributed by atoms with Gasteiger partial charge in [-0.15, -0.1) is 0 Å². The Bertz CT molecular complexity index is 450. The molecule has 0 saturated carbocycles. The van der Waals surface area contributed by atoms with Gasteiger partial charge in [-0.3, -0.25) is 4.79 Å². The maximum Gasteiger partial charge on any atom is 0.307 e. The molecule has 116 valence electrons. The number of anilines is 1. The first kappa shape index (κ1) is 15.6. The topological polar surface area (TPSA) is 74.7 Å². The van der Waals surface area contributed by atoms with E-state index >= 15 is 0 Å². The Kier molecular flexibility index (Phi) is 5.80. The van der Waals surface area contributed by atoms with E-state index in [9.17, 15) is 9.90 Å². The number of nitrogens with zero attached hydrogens (tertiary/aromatic N) is 2. The van der Waals surface area contributed by atoms with E-state index in [2.05, 4.69) is 15.2 Å². The summed E-state index contributed by atoms with van der Waals surface area (Å²) in [5.74, 6) is 0.804. The van der Waals surface area contributed by atoms with Gasteiger partial charge in [-0.05, 0) is 38.4 Å². The van der Waals surface area contributed by atoms with Gasteiger partial charge >= 0.3 is 5.97 Å². The number of carbonyl (C=O) groups excluding carboxylic acids is 1. The Morgan fingerprint density at radius 2 is 2.43 bits per heavy atom. The first-order valence-electron chi connectivity index (χ1n) is 7.47. The molecule has 1 aliphatic rings. The number of hydrogen-bond acceptors (Lipinski definition) is 6. The summed E-state index contributed by atoms with van der Waals surface area (Å²) < 4.78 is 4.95. The Hall–Kier alpha value is -1.82. The summed E-state index contributed by atoms with van der Waals surface area (Å²) in [6.07, 6.45) is 4.05. The molecular formula is C15H23N3O3. The second-order valence-electron chi connectivity index (χ2n) is 5.24. The van der Waals surface area contributed by atoms with Crippen molar-refractivity contribution in [2.24, 2.45) is 0 Å². The van der Waals surface area contributed by atoms with Crippen molar-refractivity contribution >= 4 is 11.8 Å². The van der Waals surface area contributed by atoms with Gasteiger partial charge in [0.25, 0.3) is 0 Å². The van der Waals surface area contributed by atoms with E-state index in [1.165, 1.54) is 6.20 Å². The van der Waals surface area contributed by atoms with Crippen LogP contribution in [0.2, 0.25) is 0 Å². The number of carbonyl (C=O) groups is 1. The minimum absolute atomic E-state index is 0.132. The van der Waals surface area contributed by atoms with Gasteiger partial charge in [-0.25, -0.2) is 4.98 Å². The van der Waals surface area contributed by atoms with Crippen LogP contribution < -0.4 is 5.32 Å². The number of esters is 1. The maximum atomic E-state index is 11.4. The molecular weight excluding hydrogens is 270 g/mol. The minimum Gasteiger partial charge on any atom is -0.506 e.